The first-order chi connectivity index (χ1) is 14.0. The van der Waals surface area contributed by atoms with E-state index in [9.17, 15) is 4.79 Å². The molecule has 2 heterocycles. The third kappa shape index (κ3) is 3.46. The molecule has 1 amide bonds. The summed E-state index contributed by atoms with van der Waals surface area (Å²) in [6.07, 6.45) is 3.24. The summed E-state index contributed by atoms with van der Waals surface area (Å²) in [6, 6.07) is 15.0. The number of carbonyl (C=O) groups excluding carboxylic acids is 1. The smallest absolute Gasteiger partial charge is 0.273 e. The molecule has 0 saturated heterocycles. The van der Waals surface area contributed by atoms with E-state index in [-0.39, 0.29) is 5.91 Å². The van der Waals surface area contributed by atoms with Crippen molar-refractivity contribution in [3.05, 3.63) is 76.5 Å². The molecule has 0 saturated carbocycles. The lowest BCUT2D eigenvalue weighted by molar-refractivity contribution is 0.0737. The van der Waals surface area contributed by atoms with Gasteiger partial charge in [0.2, 0.25) is 0 Å². The number of aromatic nitrogens is 3. The van der Waals surface area contributed by atoms with Crippen LogP contribution in [0, 0.1) is 0 Å². The van der Waals surface area contributed by atoms with E-state index in [0.29, 0.717) is 21.3 Å². The zero-order valence-corrected chi connectivity index (χ0v) is 17.2. The fourth-order valence-corrected chi connectivity index (χ4v) is 3.49. The summed E-state index contributed by atoms with van der Waals surface area (Å²) >= 11 is 12.5. The van der Waals surface area contributed by atoms with Crippen molar-refractivity contribution in [1.29, 1.82) is 0 Å². The fourth-order valence-electron chi connectivity index (χ4n) is 3.13. The van der Waals surface area contributed by atoms with Crippen molar-refractivity contribution in [3.63, 3.8) is 0 Å². The normalized spacial score (nSPS) is 11.0. The van der Waals surface area contributed by atoms with Gasteiger partial charge in [-0.1, -0.05) is 53.5 Å². The summed E-state index contributed by atoms with van der Waals surface area (Å²) in [5.74, 6) is -0.234. The first-order valence-electron chi connectivity index (χ1n) is 8.84. The summed E-state index contributed by atoms with van der Waals surface area (Å²) in [5.41, 5.74) is 6.92. The Bertz CT molecular complexity index is 1200. The number of halogens is 2. The van der Waals surface area contributed by atoms with Crippen molar-refractivity contribution in [3.8, 4) is 22.4 Å². The minimum Gasteiger partial charge on any atom is -0.277 e. The van der Waals surface area contributed by atoms with Gasteiger partial charge in [0.1, 0.15) is 5.56 Å². The fraction of sp³-hybridized carbons (Fsp3) is 0.0952. The maximum atomic E-state index is 12.7. The largest absolute Gasteiger partial charge is 0.277 e. The average molecular weight is 426 g/mol. The summed E-state index contributed by atoms with van der Waals surface area (Å²) in [6.45, 7) is 0. The number of hydrogen-bond donors (Lipinski definition) is 1. The Hall–Kier alpha value is -2.93. The predicted octanol–water partition coefficient (Wildman–Crippen LogP) is 4.58. The molecule has 0 spiro atoms. The molecule has 0 bridgehead atoms. The van der Waals surface area contributed by atoms with Gasteiger partial charge in [0, 0.05) is 47.0 Å². The van der Waals surface area contributed by atoms with E-state index in [1.54, 1.807) is 24.8 Å². The summed E-state index contributed by atoms with van der Waals surface area (Å²) < 4.78 is 1.67. The lowest BCUT2D eigenvalue weighted by atomic mass is 10.0. The SMILES string of the molecule is CNN(C)C(=O)c1cnn2c(-c3ccc(Cl)cc3)c(-c3ccccc3Cl)cnc12. The van der Waals surface area contributed by atoms with Gasteiger partial charge in [-0.25, -0.2) is 14.9 Å². The molecule has 2 aromatic heterocycles. The second-order valence-electron chi connectivity index (χ2n) is 6.39. The van der Waals surface area contributed by atoms with Crippen LogP contribution in [0.15, 0.2) is 60.9 Å². The van der Waals surface area contributed by atoms with Crippen LogP contribution in [0.5, 0.6) is 0 Å². The van der Waals surface area contributed by atoms with Crippen LogP contribution in [0.3, 0.4) is 0 Å². The quantitative estimate of drug-likeness (QED) is 0.486. The predicted molar refractivity (Wildman–Crippen MR) is 115 cm³/mol. The Labute approximate surface area is 177 Å². The Morgan fingerprint density at radius 2 is 1.76 bits per heavy atom. The molecular weight excluding hydrogens is 409 g/mol. The molecule has 0 unspecified atom stereocenters. The maximum absolute atomic E-state index is 12.7. The molecule has 2 aromatic carbocycles. The Balaban J connectivity index is 2.02. The molecule has 1 N–H and O–H groups in total. The number of nitrogens with one attached hydrogen (secondary N) is 1. The van der Waals surface area contributed by atoms with E-state index in [0.717, 1.165) is 22.4 Å². The van der Waals surface area contributed by atoms with Crippen molar-refractivity contribution in [2.24, 2.45) is 0 Å². The van der Waals surface area contributed by atoms with Crippen LogP contribution in [-0.2, 0) is 0 Å². The summed E-state index contributed by atoms with van der Waals surface area (Å²) in [5, 5.41) is 7.08. The number of rotatable bonds is 4. The van der Waals surface area contributed by atoms with E-state index in [4.69, 9.17) is 23.2 Å². The van der Waals surface area contributed by atoms with Gasteiger partial charge in [-0.05, 0) is 18.2 Å². The van der Waals surface area contributed by atoms with E-state index in [1.807, 2.05) is 48.5 Å². The first kappa shape index (κ1) is 19.4. The number of hydrazine groups is 1. The van der Waals surface area contributed by atoms with E-state index in [1.165, 1.54) is 11.2 Å². The number of benzene rings is 2. The molecule has 4 aromatic rings. The van der Waals surface area contributed by atoms with Crippen molar-refractivity contribution in [1.82, 2.24) is 25.0 Å². The molecule has 0 aliphatic rings. The zero-order valence-electron chi connectivity index (χ0n) is 15.7. The molecule has 4 rings (SSSR count). The number of fused-ring (bicyclic) bond motifs is 1. The topological polar surface area (TPSA) is 62.5 Å². The molecule has 29 heavy (non-hydrogen) atoms. The molecule has 0 radical (unpaired) electrons. The van der Waals surface area contributed by atoms with Crippen LogP contribution < -0.4 is 5.43 Å². The average Bonchev–Trinajstić information content (AvgIpc) is 3.17. The summed E-state index contributed by atoms with van der Waals surface area (Å²) in [7, 11) is 3.32. The third-order valence-corrected chi connectivity index (χ3v) is 5.26. The molecule has 0 aliphatic heterocycles. The molecule has 146 valence electrons. The van der Waals surface area contributed by atoms with Gasteiger partial charge >= 0.3 is 0 Å². The van der Waals surface area contributed by atoms with Gasteiger partial charge in [-0.15, -0.1) is 0 Å². The van der Waals surface area contributed by atoms with Crippen molar-refractivity contribution >= 4 is 34.8 Å². The summed E-state index contributed by atoms with van der Waals surface area (Å²) in [4.78, 5) is 17.2. The minimum absolute atomic E-state index is 0.234. The standard InChI is InChI=1S/C21H17Cl2N5O/c1-24-27(2)21(29)17-12-26-28-19(13-7-9-14(22)10-8-13)16(11-25-20(17)28)15-5-3-4-6-18(15)23/h3-12,24H,1-2H3. The van der Waals surface area contributed by atoms with E-state index < -0.39 is 0 Å². The number of carbonyl (C=O) groups is 1. The lowest BCUT2D eigenvalue weighted by Crippen LogP contribution is -2.36. The lowest BCUT2D eigenvalue weighted by Gasteiger charge is -2.15. The molecule has 0 atom stereocenters. The van der Waals surface area contributed by atoms with Crippen LogP contribution >= 0.6 is 23.2 Å². The highest BCUT2D eigenvalue weighted by Crippen LogP contribution is 2.36. The number of hydrogen-bond acceptors (Lipinski definition) is 4. The molecule has 6 nitrogen and oxygen atoms in total. The second kappa shape index (κ2) is 7.83. The van der Waals surface area contributed by atoms with Crippen LogP contribution in [0.4, 0.5) is 0 Å². The van der Waals surface area contributed by atoms with Crippen molar-refractivity contribution < 1.29 is 4.79 Å². The van der Waals surface area contributed by atoms with Crippen LogP contribution in [0.25, 0.3) is 28.0 Å². The highest BCUT2D eigenvalue weighted by Gasteiger charge is 2.22. The maximum Gasteiger partial charge on any atom is 0.273 e. The highest BCUT2D eigenvalue weighted by molar-refractivity contribution is 6.33. The zero-order chi connectivity index (χ0) is 20.5. The number of nitrogens with zero attached hydrogens (tertiary/aromatic N) is 4. The van der Waals surface area contributed by atoms with Crippen LogP contribution in [-0.4, -0.2) is 39.6 Å². The molecule has 0 aliphatic carbocycles. The van der Waals surface area contributed by atoms with Gasteiger partial charge in [0.05, 0.1) is 11.9 Å². The minimum atomic E-state index is -0.234. The number of amides is 1. The third-order valence-electron chi connectivity index (χ3n) is 4.68. The molecular formula is C21H17Cl2N5O. The van der Waals surface area contributed by atoms with Gasteiger partial charge in [0.15, 0.2) is 5.65 Å². The van der Waals surface area contributed by atoms with E-state index in [2.05, 4.69) is 15.5 Å². The van der Waals surface area contributed by atoms with E-state index >= 15 is 0 Å². The van der Waals surface area contributed by atoms with Crippen molar-refractivity contribution in [2.75, 3.05) is 14.1 Å². The van der Waals surface area contributed by atoms with Crippen LogP contribution in [0.1, 0.15) is 10.4 Å². The Morgan fingerprint density at radius 1 is 1.03 bits per heavy atom. The van der Waals surface area contributed by atoms with Gasteiger partial charge in [-0.3, -0.25) is 9.80 Å². The second-order valence-corrected chi connectivity index (χ2v) is 7.23. The van der Waals surface area contributed by atoms with Crippen molar-refractivity contribution in [2.45, 2.75) is 0 Å². The Morgan fingerprint density at radius 3 is 2.45 bits per heavy atom. The highest BCUT2D eigenvalue weighted by atomic mass is 35.5. The molecule has 8 heteroatoms. The van der Waals surface area contributed by atoms with Gasteiger partial charge in [-0.2, -0.15) is 5.10 Å². The first-order valence-corrected chi connectivity index (χ1v) is 9.60. The Kier molecular flexibility index (Phi) is 5.24. The monoisotopic (exact) mass is 425 g/mol. The van der Waals surface area contributed by atoms with Crippen LogP contribution in [0.2, 0.25) is 10.0 Å². The van der Waals surface area contributed by atoms with Gasteiger partial charge in [0.25, 0.3) is 5.91 Å². The molecule has 0 fully saturated rings. The van der Waals surface area contributed by atoms with Gasteiger partial charge < -0.3 is 0 Å².